The number of sulfonamides is 1. The molecule has 3 aliphatic rings. The van der Waals surface area contributed by atoms with Crippen LogP contribution in [0.5, 0.6) is 0 Å². The lowest BCUT2D eigenvalue weighted by Crippen LogP contribution is -2.41. The Kier molecular flexibility index (Phi) is 2.72. The van der Waals surface area contributed by atoms with Gasteiger partial charge in [0.05, 0.1) is 5.75 Å². The summed E-state index contributed by atoms with van der Waals surface area (Å²) in [7, 11) is -2.99. The van der Waals surface area contributed by atoms with Crippen molar-refractivity contribution in [3.63, 3.8) is 0 Å². The molecule has 2 bridgehead atoms. The van der Waals surface area contributed by atoms with Crippen molar-refractivity contribution in [2.45, 2.75) is 44.2 Å². The average molecular weight is 244 g/mol. The molecule has 0 amide bonds. The van der Waals surface area contributed by atoms with Gasteiger partial charge in [-0.15, -0.1) is 0 Å². The lowest BCUT2D eigenvalue weighted by Gasteiger charge is -2.26. The first-order valence-corrected chi connectivity index (χ1v) is 7.99. The molecule has 16 heavy (non-hydrogen) atoms. The van der Waals surface area contributed by atoms with E-state index in [2.05, 4.69) is 5.32 Å². The maximum atomic E-state index is 12.1. The Bertz CT molecular complexity index is 364. The van der Waals surface area contributed by atoms with E-state index in [9.17, 15) is 8.42 Å². The van der Waals surface area contributed by atoms with E-state index >= 15 is 0 Å². The standard InChI is InChI=1S/C11H20N2O2S/c14-16(15,6-5-12-10-2-3-10)13-8-9-1-4-11(13)7-9/h9-12H,1-8H2. The van der Waals surface area contributed by atoms with Gasteiger partial charge in [0.15, 0.2) is 0 Å². The van der Waals surface area contributed by atoms with Gasteiger partial charge in [-0.25, -0.2) is 8.42 Å². The molecule has 1 aliphatic heterocycles. The first-order chi connectivity index (χ1) is 7.65. The molecule has 2 unspecified atom stereocenters. The summed E-state index contributed by atoms with van der Waals surface area (Å²) in [6.07, 6.45) is 5.86. The predicted octanol–water partition coefficient (Wildman–Crippen LogP) is 0.552. The first kappa shape index (κ1) is 11.0. The summed E-state index contributed by atoms with van der Waals surface area (Å²) in [4.78, 5) is 0. The lowest BCUT2D eigenvalue weighted by molar-refractivity contribution is 0.333. The van der Waals surface area contributed by atoms with E-state index in [1.165, 1.54) is 19.3 Å². The summed E-state index contributed by atoms with van der Waals surface area (Å²) in [5, 5.41) is 3.27. The van der Waals surface area contributed by atoms with Crippen LogP contribution in [0.2, 0.25) is 0 Å². The van der Waals surface area contributed by atoms with Crippen molar-refractivity contribution in [2.24, 2.45) is 5.92 Å². The Morgan fingerprint density at radius 1 is 1.19 bits per heavy atom. The van der Waals surface area contributed by atoms with Crippen LogP contribution in [0, 0.1) is 5.92 Å². The van der Waals surface area contributed by atoms with Crippen LogP contribution in [0.15, 0.2) is 0 Å². The number of nitrogens with one attached hydrogen (secondary N) is 1. The molecule has 1 saturated heterocycles. The van der Waals surface area contributed by atoms with E-state index < -0.39 is 10.0 Å². The number of hydrogen-bond donors (Lipinski definition) is 1. The number of hydrogen-bond acceptors (Lipinski definition) is 3. The Hall–Kier alpha value is -0.130. The molecule has 0 aromatic heterocycles. The van der Waals surface area contributed by atoms with Gasteiger partial charge in [0.1, 0.15) is 0 Å². The van der Waals surface area contributed by atoms with Crippen LogP contribution in [-0.4, -0.2) is 43.6 Å². The molecule has 2 aliphatic carbocycles. The van der Waals surface area contributed by atoms with Gasteiger partial charge in [-0.05, 0) is 38.0 Å². The van der Waals surface area contributed by atoms with Crippen molar-refractivity contribution < 1.29 is 8.42 Å². The van der Waals surface area contributed by atoms with Crippen LogP contribution in [0.25, 0.3) is 0 Å². The molecule has 0 radical (unpaired) electrons. The minimum Gasteiger partial charge on any atom is -0.313 e. The molecule has 2 atom stereocenters. The topological polar surface area (TPSA) is 49.4 Å². The zero-order valence-corrected chi connectivity index (χ0v) is 10.4. The van der Waals surface area contributed by atoms with E-state index in [4.69, 9.17) is 0 Å². The normalized spacial score (nSPS) is 34.8. The monoisotopic (exact) mass is 244 g/mol. The molecule has 3 fully saturated rings. The van der Waals surface area contributed by atoms with E-state index in [-0.39, 0.29) is 5.75 Å². The van der Waals surface area contributed by atoms with Crippen molar-refractivity contribution in [2.75, 3.05) is 18.8 Å². The molecular formula is C11H20N2O2S. The van der Waals surface area contributed by atoms with Gasteiger partial charge in [0.2, 0.25) is 10.0 Å². The highest BCUT2D eigenvalue weighted by molar-refractivity contribution is 7.89. The predicted molar refractivity (Wildman–Crippen MR) is 62.6 cm³/mol. The summed E-state index contributed by atoms with van der Waals surface area (Å²) in [6.45, 7) is 1.41. The van der Waals surface area contributed by atoms with Crippen LogP contribution in [0.4, 0.5) is 0 Å². The third-order valence-electron chi connectivity index (χ3n) is 4.09. The lowest BCUT2D eigenvalue weighted by atomic mass is 10.1. The summed E-state index contributed by atoms with van der Waals surface area (Å²) in [5.41, 5.74) is 0. The smallest absolute Gasteiger partial charge is 0.215 e. The van der Waals surface area contributed by atoms with E-state index in [1.807, 2.05) is 0 Å². The fourth-order valence-corrected chi connectivity index (χ4v) is 4.71. The van der Waals surface area contributed by atoms with Crippen molar-refractivity contribution in [3.8, 4) is 0 Å². The van der Waals surface area contributed by atoms with Crippen molar-refractivity contribution in [1.29, 1.82) is 0 Å². The number of piperidine rings is 1. The molecule has 0 aromatic carbocycles. The second-order valence-electron chi connectivity index (χ2n) is 5.45. The van der Waals surface area contributed by atoms with Crippen molar-refractivity contribution in [1.82, 2.24) is 9.62 Å². The molecule has 2 saturated carbocycles. The zero-order chi connectivity index (χ0) is 11.2. The summed E-state index contributed by atoms with van der Waals surface area (Å²) in [5.74, 6) is 0.934. The fourth-order valence-electron chi connectivity index (χ4n) is 3.02. The van der Waals surface area contributed by atoms with Crippen molar-refractivity contribution in [3.05, 3.63) is 0 Å². The quantitative estimate of drug-likeness (QED) is 0.768. The molecule has 5 heteroatoms. The third-order valence-corrected chi connectivity index (χ3v) is 5.97. The molecular weight excluding hydrogens is 224 g/mol. The maximum absolute atomic E-state index is 12.1. The van der Waals surface area contributed by atoms with E-state index in [0.29, 0.717) is 24.5 Å². The zero-order valence-electron chi connectivity index (χ0n) is 9.56. The third kappa shape index (κ3) is 2.13. The van der Waals surface area contributed by atoms with Crippen LogP contribution in [-0.2, 0) is 10.0 Å². The Morgan fingerprint density at radius 2 is 2.00 bits per heavy atom. The summed E-state index contributed by atoms with van der Waals surface area (Å²) < 4.78 is 26.0. The average Bonchev–Trinajstić information content (AvgIpc) is 2.82. The van der Waals surface area contributed by atoms with Gasteiger partial charge in [0.25, 0.3) is 0 Å². The van der Waals surface area contributed by atoms with Crippen molar-refractivity contribution >= 4 is 10.0 Å². The second kappa shape index (κ2) is 3.96. The van der Waals surface area contributed by atoms with Gasteiger partial charge in [-0.3, -0.25) is 0 Å². The molecule has 3 rings (SSSR count). The minimum absolute atomic E-state index is 0.284. The highest BCUT2D eigenvalue weighted by Gasteiger charge is 2.43. The van der Waals surface area contributed by atoms with Crippen LogP contribution in [0.3, 0.4) is 0 Å². The molecule has 0 aromatic rings. The van der Waals surface area contributed by atoms with Gasteiger partial charge in [-0.1, -0.05) is 0 Å². The number of rotatable bonds is 5. The fraction of sp³-hybridized carbons (Fsp3) is 1.00. The Balaban J connectivity index is 1.55. The molecule has 0 spiro atoms. The second-order valence-corrected chi connectivity index (χ2v) is 7.49. The summed E-state index contributed by atoms with van der Waals surface area (Å²) in [6, 6.07) is 0.932. The van der Waals surface area contributed by atoms with E-state index in [1.54, 1.807) is 4.31 Å². The molecule has 92 valence electrons. The Morgan fingerprint density at radius 3 is 2.56 bits per heavy atom. The van der Waals surface area contributed by atoms with Gasteiger partial charge in [0, 0.05) is 25.2 Å². The first-order valence-electron chi connectivity index (χ1n) is 6.38. The van der Waals surface area contributed by atoms with Crippen LogP contribution >= 0.6 is 0 Å². The highest BCUT2D eigenvalue weighted by atomic mass is 32.2. The maximum Gasteiger partial charge on any atom is 0.215 e. The Labute approximate surface area is 97.4 Å². The van der Waals surface area contributed by atoms with E-state index in [0.717, 1.165) is 19.4 Å². The van der Waals surface area contributed by atoms with Gasteiger partial charge >= 0.3 is 0 Å². The molecule has 1 heterocycles. The van der Waals surface area contributed by atoms with Gasteiger partial charge in [-0.2, -0.15) is 4.31 Å². The largest absolute Gasteiger partial charge is 0.313 e. The minimum atomic E-state index is -2.99. The molecule has 4 nitrogen and oxygen atoms in total. The number of fused-ring (bicyclic) bond motifs is 2. The van der Waals surface area contributed by atoms with Crippen LogP contribution < -0.4 is 5.32 Å². The molecule has 1 N–H and O–H groups in total. The van der Waals surface area contributed by atoms with Gasteiger partial charge < -0.3 is 5.32 Å². The van der Waals surface area contributed by atoms with Crippen LogP contribution in [0.1, 0.15) is 32.1 Å². The highest BCUT2D eigenvalue weighted by Crippen LogP contribution is 2.38. The summed E-state index contributed by atoms with van der Waals surface area (Å²) >= 11 is 0. The SMILES string of the molecule is O=S(=O)(CCNC1CC1)N1CC2CCC1C2. The number of nitrogens with zero attached hydrogens (tertiary/aromatic N) is 1.